The van der Waals surface area contributed by atoms with Crippen LogP contribution in [0, 0.1) is 5.92 Å². The first-order valence-electron chi connectivity index (χ1n) is 7.75. The number of halogens is 1. The number of fused-ring (bicyclic) bond motifs is 2. The number of benzene rings is 1. The van der Waals surface area contributed by atoms with Crippen LogP contribution in [0.15, 0.2) is 35.6 Å². The van der Waals surface area contributed by atoms with Gasteiger partial charge in [-0.05, 0) is 30.0 Å². The van der Waals surface area contributed by atoms with E-state index in [1.165, 1.54) is 11.8 Å². The summed E-state index contributed by atoms with van der Waals surface area (Å²) in [5.41, 5.74) is 2.67. The van der Waals surface area contributed by atoms with Gasteiger partial charge in [0.2, 0.25) is 5.16 Å². The highest BCUT2D eigenvalue weighted by atomic mass is 35.5. The average Bonchev–Trinajstić information content (AvgIpc) is 2.94. The number of rotatable bonds is 3. The van der Waals surface area contributed by atoms with E-state index in [9.17, 15) is 4.79 Å². The number of hydrogen-bond donors (Lipinski definition) is 0. The van der Waals surface area contributed by atoms with E-state index in [0.717, 1.165) is 28.5 Å². The van der Waals surface area contributed by atoms with E-state index >= 15 is 0 Å². The second-order valence-electron chi connectivity index (χ2n) is 6.09. The summed E-state index contributed by atoms with van der Waals surface area (Å²) in [5, 5.41) is 5.81. The van der Waals surface area contributed by atoms with Crippen LogP contribution in [0.4, 0.5) is 0 Å². The molecule has 0 radical (unpaired) electrons. The van der Waals surface area contributed by atoms with Crippen LogP contribution in [0.2, 0.25) is 5.02 Å². The number of nitrogens with zero attached hydrogens (tertiary/aromatic N) is 4. The molecule has 1 aliphatic rings. The Balaban J connectivity index is 1.59. The SMILES string of the molecule is CC1CC(=O)c2cn3nc(SCc4ccc(Cl)cc4)nc3nc2C1. The average molecular weight is 359 g/mol. The summed E-state index contributed by atoms with van der Waals surface area (Å²) in [6, 6.07) is 7.72. The van der Waals surface area contributed by atoms with Crippen molar-refractivity contribution < 1.29 is 4.79 Å². The Bertz CT molecular complexity index is 922. The number of thioether (sulfide) groups is 1. The number of ketones is 1. The maximum atomic E-state index is 12.2. The molecule has 2 heterocycles. The number of carbonyl (C=O) groups is 1. The molecule has 2 aromatic heterocycles. The molecule has 5 nitrogen and oxygen atoms in total. The van der Waals surface area contributed by atoms with Crippen LogP contribution in [0.3, 0.4) is 0 Å². The Morgan fingerprint density at radius 3 is 2.83 bits per heavy atom. The quantitative estimate of drug-likeness (QED) is 0.666. The Kier molecular flexibility index (Phi) is 4.02. The van der Waals surface area contributed by atoms with Crippen molar-refractivity contribution in [2.75, 3.05) is 0 Å². The lowest BCUT2D eigenvalue weighted by atomic mass is 9.88. The van der Waals surface area contributed by atoms with Crippen LogP contribution >= 0.6 is 23.4 Å². The van der Waals surface area contributed by atoms with Gasteiger partial charge in [-0.3, -0.25) is 4.79 Å². The lowest BCUT2D eigenvalue weighted by Gasteiger charge is -2.18. The van der Waals surface area contributed by atoms with Gasteiger partial charge in [0.25, 0.3) is 5.78 Å². The van der Waals surface area contributed by atoms with Crippen molar-refractivity contribution in [1.82, 2.24) is 19.6 Å². The summed E-state index contributed by atoms with van der Waals surface area (Å²) in [6.45, 7) is 2.07. The van der Waals surface area contributed by atoms with Crippen molar-refractivity contribution in [3.05, 3.63) is 52.3 Å². The largest absolute Gasteiger partial charge is 0.294 e. The van der Waals surface area contributed by atoms with Gasteiger partial charge in [0.15, 0.2) is 5.78 Å². The van der Waals surface area contributed by atoms with E-state index < -0.39 is 0 Å². The third-order valence-corrected chi connectivity index (χ3v) is 5.21. The first kappa shape index (κ1) is 15.6. The van der Waals surface area contributed by atoms with Gasteiger partial charge >= 0.3 is 0 Å². The zero-order valence-corrected chi connectivity index (χ0v) is 14.6. The van der Waals surface area contributed by atoms with Gasteiger partial charge in [0, 0.05) is 23.4 Å². The van der Waals surface area contributed by atoms with Crippen LogP contribution in [0.5, 0.6) is 0 Å². The predicted octanol–water partition coefficient (Wildman–Crippen LogP) is 3.84. The molecule has 0 amide bonds. The molecule has 24 heavy (non-hydrogen) atoms. The van der Waals surface area contributed by atoms with Gasteiger partial charge in [-0.1, -0.05) is 42.4 Å². The van der Waals surface area contributed by atoms with Gasteiger partial charge in [-0.15, -0.1) is 5.10 Å². The molecular weight excluding hydrogens is 344 g/mol. The molecule has 3 aromatic rings. The van der Waals surface area contributed by atoms with Crippen molar-refractivity contribution >= 4 is 34.9 Å². The molecule has 0 spiro atoms. The molecule has 0 saturated carbocycles. The summed E-state index contributed by atoms with van der Waals surface area (Å²) in [7, 11) is 0. The highest BCUT2D eigenvalue weighted by Crippen LogP contribution is 2.25. The van der Waals surface area contributed by atoms with E-state index in [1.54, 1.807) is 10.7 Å². The van der Waals surface area contributed by atoms with Crippen LogP contribution < -0.4 is 0 Å². The molecule has 1 aliphatic carbocycles. The third kappa shape index (κ3) is 3.03. The molecule has 4 rings (SSSR count). The molecule has 0 N–H and O–H groups in total. The zero-order valence-electron chi connectivity index (χ0n) is 13.1. The van der Waals surface area contributed by atoms with Crippen LogP contribution in [0.1, 0.15) is 35.0 Å². The van der Waals surface area contributed by atoms with Gasteiger partial charge in [0.1, 0.15) is 0 Å². The normalized spacial score (nSPS) is 17.2. The number of aromatic nitrogens is 4. The van der Waals surface area contributed by atoms with Gasteiger partial charge in [0.05, 0.1) is 11.3 Å². The highest BCUT2D eigenvalue weighted by Gasteiger charge is 2.25. The third-order valence-electron chi connectivity index (χ3n) is 4.05. The zero-order chi connectivity index (χ0) is 16.7. The van der Waals surface area contributed by atoms with Gasteiger partial charge < -0.3 is 0 Å². The lowest BCUT2D eigenvalue weighted by Crippen LogP contribution is -2.20. The minimum atomic E-state index is 0.143. The van der Waals surface area contributed by atoms with E-state index in [2.05, 4.69) is 22.0 Å². The second-order valence-corrected chi connectivity index (χ2v) is 7.47. The fourth-order valence-corrected chi connectivity index (χ4v) is 3.75. The molecule has 7 heteroatoms. The van der Waals surface area contributed by atoms with Crippen molar-refractivity contribution in [3.63, 3.8) is 0 Å². The summed E-state index contributed by atoms with van der Waals surface area (Å²) in [6.07, 6.45) is 3.16. The molecule has 1 aromatic carbocycles. The first-order chi connectivity index (χ1) is 11.6. The highest BCUT2D eigenvalue weighted by molar-refractivity contribution is 7.98. The van der Waals surface area contributed by atoms with Crippen molar-refractivity contribution in [2.45, 2.75) is 30.7 Å². The second kappa shape index (κ2) is 6.18. The standard InChI is InChI=1S/C17H15ClN4OS/c1-10-6-14-13(15(23)7-10)8-22-16(19-14)20-17(21-22)24-9-11-2-4-12(18)5-3-11/h2-5,8,10H,6-7,9H2,1H3. The fraction of sp³-hybridized carbons (Fsp3) is 0.294. The molecule has 122 valence electrons. The molecule has 0 bridgehead atoms. The van der Waals surface area contributed by atoms with Crippen LogP contribution in [0.25, 0.3) is 5.78 Å². The molecule has 1 unspecified atom stereocenters. The van der Waals surface area contributed by atoms with E-state index in [-0.39, 0.29) is 5.78 Å². The Morgan fingerprint density at radius 1 is 1.25 bits per heavy atom. The maximum Gasteiger partial charge on any atom is 0.253 e. The van der Waals surface area contributed by atoms with Gasteiger partial charge in [-0.2, -0.15) is 4.98 Å². The maximum absolute atomic E-state index is 12.2. The number of carbonyl (C=O) groups excluding carboxylic acids is 1. The molecular formula is C17H15ClN4OS. The predicted molar refractivity (Wildman–Crippen MR) is 93.6 cm³/mol. The monoisotopic (exact) mass is 358 g/mol. The fourth-order valence-electron chi connectivity index (χ4n) is 2.84. The van der Waals surface area contributed by atoms with E-state index in [4.69, 9.17) is 11.6 Å². The van der Waals surface area contributed by atoms with Crippen molar-refractivity contribution in [2.24, 2.45) is 5.92 Å². The van der Waals surface area contributed by atoms with E-state index in [0.29, 0.717) is 28.8 Å². The van der Waals surface area contributed by atoms with E-state index in [1.807, 2.05) is 24.3 Å². The van der Waals surface area contributed by atoms with Gasteiger partial charge in [-0.25, -0.2) is 9.50 Å². The lowest BCUT2D eigenvalue weighted by molar-refractivity contribution is 0.0951. The topological polar surface area (TPSA) is 60.2 Å². The smallest absolute Gasteiger partial charge is 0.253 e. The molecule has 0 saturated heterocycles. The Morgan fingerprint density at radius 2 is 2.04 bits per heavy atom. The molecule has 1 atom stereocenters. The number of Topliss-reactive ketones (excluding diaryl/α,β-unsaturated/α-hetero) is 1. The Hall–Kier alpha value is -1.92. The summed E-state index contributed by atoms with van der Waals surface area (Å²) in [5.74, 6) is 1.78. The Labute approximate surface area is 148 Å². The minimum Gasteiger partial charge on any atom is -0.294 e. The molecule has 0 fully saturated rings. The van der Waals surface area contributed by atoms with Crippen LogP contribution in [-0.2, 0) is 12.2 Å². The summed E-state index contributed by atoms with van der Waals surface area (Å²) in [4.78, 5) is 21.2. The summed E-state index contributed by atoms with van der Waals surface area (Å²) < 4.78 is 1.61. The van der Waals surface area contributed by atoms with Crippen molar-refractivity contribution in [1.29, 1.82) is 0 Å². The van der Waals surface area contributed by atoms with Crippen LogP contribution in [-0.4, -0.2) is 25.4 Å². The first-order valence-corrected chi connectivity index (χ1v) is 9.11. The van der Waals surface area contributed by atoms with Crippen molar-refractivity contribution in [3.8, 4) is 0 Å². The molecule has 0 aliphatic heterocycles. The minimum absolute atomic E-state index is 0.143. The number of hydrogen-bond acceptors (Lipinski definition) is 5. The summed E-state index contributed by atoms with van der Waals surface area (Å²) >= 11 is 7.43.